The number of benzene rings is 1. The third-order valence-electron chi connectivity index (χ3n) is 2.38. The summed E-state index contributed by atoms with van der Waals surface area (Å²) in [6.45, 7) is 3.95. The lowest BCUT2D eigenvalue weighted by Gasteiger charge is -2.11. The van der Waals surface area contributed by atoms with Gasteiger partial charge in [0.25, 0.3) is 0 Å². The van der Waals surface area contributed by atoms with E-state index < -0.39 is 0 Å². The SMILES string of the molecule is COCCOc1cccc(CN[C@H](C)CO)c1. The van der Waals surface area contributed by atoms with Crippen LogP contribution in [0.1, 0.15) is 12.5 Å². The summed E-state index contributed by atoms with van der Waals surface area (Å²) in [4.78, 5) is 0. The zero-order chi connectivity index (χ0) is 12.5. The Labute approximate surface area is 103 Å². The number of hydrogen-bond acceptors (Lipinski definition) is 4. The van der Waals surface area contributed by atoms with Gasteiger partial charge >= 0.3 is 0 Å². The van der Waals surface area contributed by atoms with Gasteiger partial charge in [0, 0.05) is 19.7 Å². The Morgan fingerprint density at radius 3 is 2.88 bits per heavy atom. The minimum atomic E-state index is 0.105. The van der Waals surface area contributed by atoms with Crippen LogP contribution in [0.4, 0.5) is 0 Å². The van der Waals surface area contributed by atoms with Gasteiger partial charge in [-0.2, -0.15) is 0 Å². The van der Waals surface area contributed by atoms with Crippen LogP contribution in [0.25, 0.3) is 0 Å². The van der Waals surface area contributed by atoms with E-state index in [2.05, 4.69) is 5.32 Å². The van der Waals surface area contributed by atoms with E-state index in [0.29, 0.717) is 13.2 Å². The Bertz CT molecular complexity index is 317. The average molecular weight is 239 g/mol. The molecule has 4 heteroatoms. The van der Waals surface area contributed by atoms with Gasteiger partial charge in [0.1, 0.15) is 12.4 Å². The highest BCUT2D eigenvalue weighted by Gasteiger charge is 2.00. The lowest BCUT2D eigenvalue weighted by atomic mass is 10.2. The first-order valence-corrected chi connectivity index (χ1v) is 5.81. The summed E-state index contributed by atoms with van der Waals surface area (Å²) in [6.07, 6.45) is 0. The highest BCUT2D eigenvalue weighted by molar-refractivity contribution is 5.28. The van der Waals surface area contributed by atoms with E-state index in [1.165, 1.54) is 0 Å². The zero-order valence-electron chi connectivity index (χ0n) is 10.5. The molecule has 0 aliphatic rings. The molecule has 0 bridgehead atoms. The molecular formula is C13H21NO3. The van der Waals surface area contributed by atoms with Crippen molar-refractivity contribution < 1.29 is 14.6 Å². The molecule has 0 saturated carbocycles. The van der Waals surface area contributed by atoms with Crippen molar-refractivity contribution in [3.05, 3.63) is 29.8 Å². The molecule has 0 spiro atoms. The van der Waals surface area contributed by atoms with Gasteiger partial charge in [-0.3, -0.25) is 0 Å². The van der Waals surface area contributed by atoms with Gasteiger partial charge in [0.05, 0.1) is 13.2 Å². The van der Waals surface area contributed by atoms with Crippen LogP contribution in [-0.2, 0) is 11.3 Å². The smallest absolute Gasteiger partial charge is 0.119 e. The van der Waals surface area contributed by atoms with E-state index >= 15 is 0 Å². The first kappa shape index (κ1) is 14.0. The van der Waals surface area contributed by atoms with Crippen LogP contribution in [0, 0.1) is 0 Å². The summed E-state index contributed by atoms with van der Waals surface area (Å²) in [7, 11) is 1.65. The van der Waals surface area contributed by atoms with Crippen LogP contribution in [0.5, 0.6) is 5.75 Å². The minimum Gasteiger partial charge on any atom is -0.491 e. The Kier molecular flexibility index (Phi) is 6.62. The number of methoxy groups -OCH3 is 1. The number of hydrogen-bond donors (Lipinski definition) is 2. The van der Waals surface area contributed by atoms with Crippen molar-refractivity contribution in [1.82, 2.24) is 5.32 Å². The Balaban J connectivity index is 2.42. The summed E-state index contributed by atoms with van der Waals surface area (Å²) in [6, 6.07) is 8.01. The van der Waals surface area contributed by atoms with Gasteiger partial charge < -0.3 is 19.9 Å². The van der Waals surface area contributed by atoms with E-state index in [0.717, 1.165) is 17.9 Å². The van der Waals surface area contributed by atoms with Crippen molar-refractivity contribution in [2.75, 3.05) is 26.9 Å². The quantitative estimate of drug-likeness (QED) is 0.669. The molecule has 0 fully saturated rings. The second kappa shape index (κ2) is 8.06. The highest BCUT2D eigenvalue weighted by atomic mass is 16.5. The van der Waals surface area contributed by atoms with E-state index in [4.69, 9.17) is 14.6 Å². The van der Waals surface area contributed by atoms with Gasteiger partial charge in [0.15, 0.2) is 0 Å². The molecule has 0 aliphatic heterocycles. The normalized spacial score (nSPS) is 12.4. The van der Waals surface area contributed by atoms with Crippen molar-refractivity contribution >= 4 is 0 Å². The predicted molar refractivity (Wildman–Crippen MR) is 67.2 cm³/mol. The molecule has 0 aliphatic carbocycles. The minimum absolute atomic E-state index is 0.105. The van der Waals surface area contributed by atoms with Gasteiger partial charge in [-0.05, 0) is 24.6 Å². The van der Waals surface area contributed by atoms with Crippen LogP contribution in [0.15, 0.2) is 24.3 Å². The fourth-order valence-corrected chi connectivity index (χ4v) is 1.34. The molecule has 0 heterocycles. The molecule has 1 atom stereocenters. The molecule has 1 rings (SSSR count). The monoisotopic (exact) mass is 239 g/mol. The van der Waals surface area contributed by atoms with Crippen molar-refractivity contribution in [2.45, 2.75) is 19.5 Å². The van der Waals surface area contributed by atoms with E-state index in [1.54, 1.807) is 7.11 Å². The summed E-state index contributed by atoms with van der Waals surface area (Å²) in [5, 5.41) is 12.1. The fraction of sp³-hybridized carbons (Fsp3) is 0.538. The molecule has 0 aromatic heterocycles. The summed E-state index contributed by atoms with van der Waals surface area (Å²) >= 11 is 0. The molecule has 2 N–H and O–H groups in total. The number of rotatable bonds is 8. The Morgan fingerprint density at radius 2 is 2.18 bits per heavy atom. The van der Waals surface area contributed by atoms with Crippen LogP contribution in [0.3, 0.4) is 0 Å². The second-order valence-corrected chi connectivity index (χ2v) is 3.95. The third kappa shape index (κ3) is 5.68. The van der Waals surface area contributed by atoms with Crippen LogP contribution >= 0.6 is 0 Å². The first-order valence-electron chi connectivity index (χ1n) is 5.81. The Morgan fingerprint density at radius 1 is 1.35 bits per heavy atom. The topological polar surface area (TPSA) is 50.7 Å². The maximum absolute atomic E-state index is 8.91. The van der Waals surface area contributed by atoms with E-state index in [-0.39, 0.29) is 12.6 Å². The molecule has 4 nitrogen and oxygen atoms in total. The number of aliphatic hydroxyl groups excluding tert-OH is 1. The van der Waals surface area contributed by atoms with Crippen LogP contribution in [0.2, 0.25) is 0 Å². The maximum Gasteiger partial charge on any atom is 0.119 e. The highest BCUT2D eigenvalue weighted by Crippen LogP contribution is 2.13. The standard InChI is InChI=1S/C13H21NO3/c1-11(10-15)14-9-12-4-3-5-13(8-12)17-7-6-16-2/h3-5,8,11,14-15H,6-7,9-10H2,1-2H3/t11-/m1/s1. The van der Waals surface area contributed by atoms with E-state index in [1.807, 2.05) is 31.2 Å². The molecule has 17 heavy (non-hydrogen) atoms. The van der Waals surface area contributed by atoms with E-state index in [9.17, 15) is 0 Å². The molecule has 1 aromatic carbocycles. The van der Waals surface area contributed by atoms with Gasteiger partial charge in [-0.1, -0.05) is 12.1 Å². The van der Waals surface area contributed by atoms with Crippen molar-refractivity contribution in [2.24, 2.45) is 0 Å². The summed E-state index contributed by atoms with van der Waals surface area (Å²) in [5.74, 6) is 0.845. The van der Waals surface area contributed by atoms with Crippen molar-refractivity contribution in [1.29, 1.82) is 0 Å². The van der Waals surface area contributed by atoms with Crippen LogP contribution < -0.4 is 10.1 Å². The first-order chi connectivity index (χ1) is 8.26. The molecule has 0 saturated heterocycles. The number of aliphatic hydroxyl groups is 1. The lowest BCUT2D eigenvalue weighted by Crippen LogP contribution is -2.28. The molecule has 0 radical (unpaired) electrons. The molecular weight excluding hydrogens is 218 g/mol. The van der Waals surface area contributed by atoms with Crippen molar-refractivity contribution in [3.63, 3.8) is 0 Å². The van der Waals surface area contributed by atoms with Crippen molar-refractivity contribution in [3.8, 4) is 5.75 Å². The molecule has 96 valence electrons. The summed E-state index contributed by atoms with van der Waals surface area (Å²) < 4.78 is 10.4. The van der Waals surface area contributed by atoms with Crippen LogP contribution in [-0.4, -0.2) is 38.1 Å². The fourth-order valence-electron chi connectivity index (χ4n) is 1.34. The van der Waals surface area contributed by atoms with Gasteiger partial charge in [-0.15, -0.1) is 0 Å². The third-order valence-corrected chi connectivity index (χ3v) is 2.38. The summed E-state index contributed by atoms with van der Waals surface area (Å²) in [5.41, 5.74) is 1.14. The van der Waals surface area contributed by atoms with Gasteiger partial charge in [-0.25, -0.2) is 0 Å². The number of ether oxygens (including phenoxy) is 2. The second-order valence-electron chi connectivity index (χ2n) is 3.95. The van der Waals surface area contributed by atoms with Gasteiger partial charge in [0.2, 0.25) is 0 Å². The number of nitrogens with one attached hydrogen (secondary N) is 1. The largest absolute Gasteiger partial charge is 0.491 e. The average Bonchev–Trinajstić information content (AvgIpc) is 2.37. The molecule has 0 amide bonds. The zero-order valence-corrected chi connectivity index (χ0v) is 10.5. The lowest BCUT2D eigenvalue weighted by molar-refractivity contribution is 0.146. The molecule has 0 unspecified atom stereocenters. The maximum atomic E-state index is 8.91. The Hall–Kier alpha value is -1.10. The predicted octanol–water partition coefficient (Wildman–Crippen LogP) is 1.18. The molecule has 1 aromatic rings.